The Morgan fingerprint density at radius 3 is 2.33 bits per heavy atom. The molecule has 0 saturated heterocycles. The van der Waals surface area contributed by atoms with Crippen molar-refractivity contribution in [3.63, 3.8) is 0 Å². The number of benzene rings is 1. The molecule has 0 radical (unpaired) electrons. The van der Waals surface area contributed by atoms with Gasteiger partial charge in [-0.05, 0) is 46.9 Å². The number of halogens is 1. The highest BCUT2D eigenvalue weighted by atomic mass is 127. The largest absolute Gasteiger partial charge is 0.425 e. The Kier molecular flexibility index (Phi) is 3.15. The Morgan fingerprint density at radius 1 is 1.42 bits per heavy atom. The minimum absolute atomic E-state index is 0.420. The van der Waals surface area contributed by atoms with Crippen LogP contribution in [0.15, 0.2) is 24.3 Å². The van der Waals surface area contributed by atoms with Crippen LogP contribution in [-0.4, -0.2) is 11.6 Å². The van der Waals surface area contributed by atoms with Gasteiger partial charge in [-0.25, -0.2) is 4.57 Å². The van der Waals surface area contributed by atoms with Crippen LogP contribution in [0.4, 0.5) is 0 Å². The summed E-state index contributed by atoms with van der Waals surface area (Å²) in [6.45, 7) is 1.16. The summed E-state index contributed by atoms with van der Waals surface area (Å²) < 4.78 is 16.6. The maximum Gasteiger partial charge on any atom is 0.373 e. The van der Waals surface area contributed by atoms with Crippen LogP contribution in [0, 0.1) is 3.57 Å². The first kappa shape index (κ1) is 10.0. The molecular weight excluding hydrogens is 290 g/mol. The third-order valence-corrected chi connectivity index (χ3v) is 2.36. The van der Waals surface area contributed by atoms with E-state index in [2.05, 4.69) is 22.6 Å². The Hall–Kier alpha value is -0.0600. The van der Waals surface area contributed by atoms with Gasteiger partial charge in [0.1, 0.15) is 5.75 Å². The predicted octanol–water partition coefficient (Wildman–Crippen LogP) is 2.49. The predicted molar refractivity (Wildman–Crippen MR) is 55.5 cm³/mol. The van der Waals surface area contributed by atoms with E-state index in [9.17, 15) is 4.57 Å². The van der Waals surface area contributed by atoms with Gasteiger partial charge in [-0.3, -0.25) is 0 Å². The van der Waals surface area contributed by atoms with Gasteiger partial charge in [-0.2, -0.15) is 0 Å². The molecule has 0 saturated carbocycles. The van der Waals surface area contributed by atoms with E-state index in [4.69, 9.17) is 9.42 Å². The summed E-state index contributed by atoms with van der Waals surface area (Å²) in [7, 11) is -3.41. The monoisotopic (exact) mass is 298 g/mol. The van der Waals surface area contributed by atoms with Gasteiger partial charge in [0.2, 0.25) is 0 Å². The standard InChI is InChI=1S/C7H8IO3P/c1-12(9,10)11-7-4-2-6(8)3-5-7/h2-5H,1H3,(H,9,10). The van der Waals surface area contributed by atoms with Crippen molar-refractivity contribution in [3.8, 4) is 5.75 Å². The van der Waals surface area contributed by atoms with Crippen LogP contribution in [-0.2, 0) is 4.57 Å². The number of hydrogen-bond acceptors (Lipinski definition) is 2. The van der Waals surface area contributed by atoms with Gasteiger partial charge >= 0.3 is 7.60 Å². The molecule has 3 nitrogen and oxygen atoms in total. The lowest BCUT2D eigenvalue weighted by Crippen LogP contribution is -1.88. The van der Waals surface area contributed by atoms with E-state index in [-0.39, 0.29) is 0 Å². The van der Waals surface area contributed by atoms with Crippen LogP contribution in [0.3, 0.4) is 0 Å². The highest BCUT2D eigenvalue weighted by Gasteiger charge is 2.10. The van der Waals surface area contributed by atoms with Gasteiger partial charge in [0.25, 0.3) is 0 Å². The van der Waals surface area contributed by atoms with Crippen molar-refractivity contribution in [2.45, 2.75) is 0 Å². The average molecular weight is 298 g/mol. The van der Waals surface area contributed by atoms with Crippen molar-refractivity contribution in [2.75, 3.05) is 6.66 Å². The first-order valence-electron chi connectivity index (χ1n) is 3.23. The lowest BCUT2D eigenvalue weighted by Gasteiger charge is -2.07. The molecule has 1 aromatic carbocycles. The Labute approximate surface area is 84.4 Å². The van der Waals surface area contributed by atoms with Crippen molar-refractivity contribution in [2.24, 2.45) is 0 Å². The number of rotatable bonds is 2. The van der Waals surface area contributed by atoms with Gasteiger partial charge < -0.3 is 9.42 Å². The quantitative estimate of drug-likeness (QED) is 0.674. The summed E-state index contributed by atoms with van der Waals surface area (Å²) in [6, 6.07) is 6.94. The Morgan fingerprint density at radius 2 is 1.92 bits per heavy atom. The normalized spacial score (nSPS) is 15.2. The van der Waals surface area contributed by atoms with Crippen molar-refractivity contribution < 1.29 is 14.0 Å². The molecule has 66 valence electrons. The summed E-state index contributed by atoms with van der Waals surface area (Å²) >= 11 is 2.15. The van der Waals surface area contributed by atoms with Gasteiger partial charge in [0, 0.05) is 10.2 Å². The molecule has 1 aromatic rings. The number of hydrogen-bond donors (Lipinski definition) is 1. The molecule has 0 aliphatic carbocycles. The van der Waals surface area contributed by atoms with E-state index in [0.29, 0.717) is 5.75 Å². The summed E-state index contributed by atoms with van der Waals surface area (Å²) in [5.74, 6) is 0.420. The van der Waals surface area contributed by atoms with Crippen LogP contribution < -0.4 is 4.52 Å². The van der Waals surface area contributed by atoms with Crippen molar-refractivity contribution in [3.05, 3.63) is 27.8 Å². The van der Waals surface area contributed by atoms with Crippen molar-refractivity contribution in [1.29, 1.82) is 0 Å². The Bertz CT molecular complexity index is 303. The lowest BCUT2D eigenvalue weighted by atomic mass is 10.3. The van der Waals surface area contributed by atoms with Crippen molar-refractivity contribution in [1.82, 2.24) is 0 Å². The molecule has 0 heterocycles. The molecule has 12 heavy (non-hydrogen) atoms. The van der Waals surface area contributed by atoms with E-state index in [1.54, 1.807) is 12.1 Å². The maximum atomic E-state index is 10.8. The van der Waals surface area contributed by atoms with Crippen LogP contribution >= 0.6 is 30.2 Å². The molecule has 1 rings (SSSR count). The second-order valence-corrected chi connectivity index (χ2v) is 5.38. The molecule has 5 heteroatoms. The second kappa shape index (κ2) is 3.77. The lowest BCUT2D eigenvalue weighted by molar-refractivity contribution is 0.387. The SMILES string of the molecule is CP(=O)(O)Oc1ccc(I)cc1. The molecule has 0 aromatic heterocycles. The van der Waals surface area contributed by atoms with Crippen LogP contribution in [0.25, 0.3) is 0 Å². The molecule has 0 spiro atoms. The zero-order valence-corrected chi connectivity index (χ0v) is 9.45. The van der Waals surface area contributed by atoms with Gasteiger partial charge in [-0.15, -0.1) is 0 Å². The van der Waals surface area contributed by atoms with Gasteiger partial charge in [0.05, 0.1) is 0 Å². The maximum absolute atomic E-state index is 10.8. The first-order valence-corrected chi connectivity index (χ1v) is 6.33. The molecule has 0 bridgehead atoms. The Balaban J connectivity index is 2.78. The molecule has 0 amide bonds. The molecule has 0 aliphatic heterocycles. The zero-order chi connectivity index (χ0) is 9.19. The fourth-order valence-electron chi connectivity index (χ4n) is 0.691. The highest BCUT2D eigenvalue weighted by molar-refractivity contribution is 14.1. The smallest absolute Gasteiger partial charge is 0.373 e. The van der Waals surface area contributed by atoms with Crippen LogP contribution in [0.5, 0.6) is 5.75 Å². The fraction of sp³-hybridized carbons (Fsp3) is 0.143. The zero-order valence-electron chi connectivity index (χ0n) is 6.40. The van der Waals surface area contributed by atoms with Crippen LogP contribution in [0.2, 0.25) is 0 Å². The van der Waals surface area contributed by atoms with Crippen molar-refractivity contribution >= 4 is 30.2 Å². The highest BCUT2D eigenvalue weighted by Crippen LogP contribution is 2.37. The molecule has 0 fully saturated rings. The van der Waals surface area contributed by atoms with E-state index in [1.165, 1.54) is 0 Å². The second-order valence-electron chi connectivity index (χ2n) is 2.35. The topological polar surface area (TPSA) is 46.5 Å². The van der Waals surface area contributed by atoms with E-state index in [1.807, 2.05) is 12.1 Å². The van der Waals surface area contributed by atoms with E-state index < -0.39 is 7.60 Å². The van der Waals surface area contributed by atoms with Gasteiger partial charge in [0.15, 0.2) is 0 Å². The average Bonchev–Trinajstić information content (AvgIpc) is 1.91. The summed E-state index contributed by atoms with van der Waals surface area (Å²) in [4.78, 5) is 8.87. The summed E-state index contributed by atoms with van der Waals surface area (Å²) in [6.07, 6.45) is 0. The summed E-state index contributed by atoms with van der Waals surface area (Å²) in [5, 5.41) is 0. The third kappa shape index (κ3) is 3.56. The molecule has 1 N–H and O–H groups in total. The van der Waals surface area contributed by atoms with Crippen LogP contribution in [0.1, 0.15) is 0 Å². The van der Waals surface area contributed by atoms with E-state index >= 15 is 0 Å². The summed E-state index contributed by atoms with van der Waals surface area (Å²) in [5.41, 5.74) is 0. The minimum Gasteiger partial charge on any atom is -0.425 e. The fourth-order valence-corrected chi connectivity index (χ4v) is 1.56. The first-order chi connectivity index (χ1) is 5.47. The van der Waals surface area contributed by atoms with Gasteiger partial charge in [-0.1, -0.05) is 0 Å². The molecular formula is C7H8IO3P. The molecule has 0 aliphatic rings. The molecule has 1 unspecified atom stereocenters. The molecule has 1 atom stereocenters. The minimum atomic E-state index is -3.41. The van der Waals surface area contributed by atoms with E-state index in [0.717, 1.165) is 10.2 Å². The third-order valence-electron chi connectivity index (χ3n) is 1.09.